The molecule has 1 heterocycles. The third-order valence-corrected chi connectivity index (χ3v) is 2.10. The van der Waals surface area contributed by atoms with Crippen molar-refractivity contribution in [2.75, 3.05) is 6.54 Å². The zero-order valence-corrected chi connectivity index (χ0v) is 8.04. The van der Waals surface area contributed by atoms with E-state index in [1.54, 1.807) is 0 Å². The highest BCUT2D eigenvalue weighted by Crippen LogP contribution is 2.35. The lowest BCUT2D eigenvalue weighted by Crippen LogP contribution is -2.33. The van der Waals surface area contributed by atoms with E-state index < -0.39 is 17.3 Å². The summed E-state index contributed by atoms with van der Waals surface area (Å²) < 4.78 is 37.6. The molecule has 0 aliphatic heterocycles. The first kappa shape index (κ1) is 11.9. The van der Waals surface area contributed by atoms with Crippen molar-refractivity contribution in [1.29, 1.82) is 0 Å². The standard InChI is InChI=1S/C9H11F3N2O/c1-8(15,5-13)7-4-14-3-2-6(7)9(10,11)12/h2-4,15H,5,13H2,1H3. The van der Waals surface area contributed by atoms with E-state index in [0.717, 1.165) is 18.5 Å². The average Bonchev–Trinajstić information content (AvgIpc) is 2.16. The van der Waals surface area contributed by atoms with E-state index in [1.165, 1.54) is 6.92 Å². The average molecular weight is 220 g/mol. The second kappa shape index (κ2) is 3.79. The van der Waals surface area contributed by atoms with E-state index in [2.05, 4.69) is 4.98 Å². The maximum Gasteiger partial charge on any atom is 0.416 e. The van der Waals surface area contributed by atoms with E-state index in [0.29, 0.717) is 0 Å². The Morgan fingerprint density at radius 3 is 2.47 bits per heavy atom. The van der Waals surface area contributed by atoms with Gasteiger partial charge in [0.2, 0.25) is 0 Å². The zero-order chi connectivity index (χ0) is 11.7. The molecule has 0 radical (unpaired) electrons. The fraction of sp³-hybridized carbons (Fsp3) is 0.444. The van der Waals surface area contributed by atoms with Crippen molar-refractivity contribution in [3.63, 3.8) is 0 Å². The Hall–Kier alpha value is -1.14. The molecular formula is C9H11F3N2O. The molecule has 6 heteroatoms. The number of nitrogens with zero attached hydrogens (tertiary/aromatic N) is 1. The lowest BCUT2D eigenvalue weighted by Gasteiger charge is -2.24. The van der Waals surface area contributed by atoms with Crippen molar-refractivity contribution < 1.29 is 18.3 Å². The molecule has 1 rings (SSSR count). The van der Waals surface area contributed by atoms with Crippen LogP contribution in [0.4, 0.5) is 13.2 Å². The number of nitrogens with two attached hydrogens (primary N) is 1. The Bertz CT molecular complexity index is 349. The van der Waals surface area contributed by atoms with Gasteiger partial charge in [-0.2, -0.15) is 13.2 Å². The normalized spacial score (nSPS) is 16.1. The molecule has 0 amide bonds. The maximum atomic E-state index is 12.5. The Morgan fingerprint density at radius 2 is 2.00 bits per heavy atom. The number of hydrogen-bond donors (Lipinski definition) is 2. The summed E-state index contributed by atoms with van der Waals surface area (Å²) in [6.45, 7) is 0.918. The van der Waals surface area contributed by atoms with Crippen LogP contribution in [0.1, 0.15) is 18.1 Å². The number of aromatic nitrogens is 1. The molecule has 0 aliphatic rings. The molecule has 3 nitrogen and oxygen atoms in total. The van der Waals surface area contributed by atoms with E-state index in [9.17, 15) is 18.3 Å². The summed E-state index contributed by atoms with van der Waals surface area (Å²) in [4.78, 5) is 3.56. The summed E-state index contributed by atoms with van der Waals surface area (Å²) in [5.41, 5.74) is 2.27. The van der Waals surface area contributed by atoms with Gasteiger partial charge in [-0.05, 0) is 13.0 Å². The monoisotopic (exact) mass is 220 g/mol. The van der Waals surface area contributed by atoms with Crippen molar-refractivity contribution in [3.8, 4) is 0 Å². The van der Waals surface area contributed by atoms with Gasteiger partial charge in [0.25, 0.3) is 0 Å². The van der Waals surface area contributed by atoms with Crippen LogP contribution < -0.4 is 5.73 Å². The highest BCUT2D eigenvalue weighted by atomic mass is 19.4. The number of alkyl halides is 3. The predicted molar refractivity (Wildman–Crippen MR) is 47.9 cm³/mol. The minimum Gasteiger partial charge on any atom is -0.384 e. The second-order valence-electron chi connectivity index (χ2n) is 3.40. The van der Waals surface area contributed by atoms with E-state index in [-0.39, 0.29) is 12.1 Å². The third kappa shape index (κ3) is 2.45. The molecule has 0 saturated carbocycles. The van der Waals surface area contributed by atoms with Gasteiger partial charge in [-0.3, -0.25) is 4.98 Å². The summed E-state index contributed by atoms with van der Waals surface area (Å²) in [5.74, 6) is 0. The van der Waals surface area contributed by atoms with E-state index in [1.807, 2.05) is 0 Å². The molecule has 1 unspecified atom stereocenters. The highest BCUT2D eigenvalue weighted by molar-refractivity contribution is 5.31. The molecule has 1 aromatic heterocycles. The summed E-state index contributed by atoms with van der Waals surface area (Å²) in [7, 11) is 0. The van der Waals surface area contributed by atoms with Crippen molar-refractivity contribution in [2.24, 2.45) is 5.73 Å². The SMILES string of the molecule is CC(O)(CN)c1cnccc1C(F)(F)F. The molecule has 1 atom stereocenters. The number of halogens is 3. The molecule has 0 saturated heterocycles. The van der Waals surface area contributed by atoms with Crippen molar-refractivity contribution >= 4 is 0 Å². The lowest BCUT2D eigenvalue weighted by molar-refractivity contribution is -0.140. The topological polar surface area (TPSA) is 59.1 Å². The molecule has 0 spiro atoms. The molecule has 0 aliphatic carbocycles. The molecule has 0 bridgehead atoms. The molecule has 0 aromatic carbocycles. The largest absolute Gasteiger partial charge is 0.416 e. The molecule has 15 heavy (non-hydrogen) atoms. The van der Waals surface area contributed by atoms with Gasteiger partial charge in [0.1, 0.15) is 5.60 Å². The van der Waals surface area contributed by atoms with Gasteiger partial charge in [-0.1, -0.05) is 0 Å². The fourth-order valence-electron chi connectivity index (χ4n) is 1.18. The van der Waals surface area contributed by atoms with E-state index in [4.69, 9.17) is 5.73 Å². The maximum absolute atomic E-state index is 12.5. The van der Waals surface area contributed by atoms with Gasteiger partial charge in [-0.25, -0.2) is 0 Å². The van der Waals surface area contributed by atoms with Gasteiger partial charge < -0.3 is 10.8 Å². The summed E-state index contributed by atoms with van der Waals surface area (Å²) in [5, 5.41) is 9.67. The lowest BCUT2D eigenvalue weighted by atomic mass is 9.93. The Morgan fingerprint density at radius 1 is 1.40 bits per heavy atom. The quantitative estimate of drug-likeness (QED) is 0.789. The van der Waals surface area contributed by atoms with Crippen LogP contribution in [-0.4, -0.2) is 16.6 Å². The first-order valence-corrected chi connectivity index (χ1v) is 4.23. The second-order valence-corrected chi connectivity index (χ2v) is 3.40. The van der Waals surface area contributed by atoms with Gasteiger partial charge in [-0.15, -0.1) is 0 Å². The first-order chi connectivity index (χ1) is 6.79. The van der Waals surface area contributed by atoms with Crippen molar-refractivity contribution in [2.45, 2.75) is 18.7 Å². The smallest absolute Gasteiger partial charge is 0.384 e. The predicted octanol–water partition coefficient (Wildman–Crippen LogP) is 1.27. The summed E-state index contributed by atoms with van der Waals surface area (Å²) in [6, 6.07) is 0.819. The molecule has 1 aromatic rings. The van der Waals surface area contributed by atoms with Crippen LogP contribution in [-0.2, 0) is 11.8 Å². The van der Waals surface area contributed by atoms with Crippen LogP contribution in [0.2, 0.25) is 0 Å². The number of rotatable bonds is 2. The number of pyridine rings is 1. The van der Waals surface area contributed by atoms with Crippen LogP contribution in [0.25, 0.3) is 0 Å². The van der Waals surface area contributed by atoms with Gasteiger partial charge in [0.15, 0.2) is 0 Å². The first-order valence-electron chi connectivity index (χ1n) is 4.23. The summed E-state index contributed by atoms with van der Waals surface area (Å²) >= 11 is 0. The van der Waals surface area contributed by atoms with E-state index >= 15 is 0 Å². The Kier molecular flexibility index (Phi) is 3.01. The van der Waals surface area contributed by atoms with Crippen LogP contribution in [0.3, 0.4) is 0 Å². The summed E-state index contributed by atoms with van der Waals surface area (Å²) in [6.07, 6.45) is -2.51. The van der Waals surface area contributed by atoms with Gasteiger partial charge in [0.05, 0.1) is 5.56 Å². The van der Waals surface area contributed by atoms with Gasteiger partial charge >= 0.3 is 6.18 Å². The minimum atomic E-state index is -4.52. The highest BCUT2D eigenvalue weighted by Gasteiger charge is 2.38. The molecular weight excluding hydrogens is 209 g/mol. The van der Waals surface area contributed by atoms with Crippen LogP contribution >= 0.6 is 0 Å². The van der Waals surface area contributed by atoms with Gasteiger partial charge in [0, 0.05) is 24.5 Å². The zero-order valence-electron chi connectivity index (χ0n) is 8.04. The van der Waals surface area contributed by atoms with Crippen LogP contribution in [0, 0.1) is 0 Å². The minimum absolute atomic E-state index is 0.304. The van der Waals surface area contributed by atoms with Crippen LogP contribution in [0.5, 0.6) is 0 Å². The van der Waals surface area contributed by atoms with Crippen LogP contribution in [0.15, 0.2) is 18.5 Å². The third-order valence-electron chi connectivity index (χ3n) is 2.10. The number of aliphatic hydroxyl groups is 1. The fourth-order valence-corrected chi connectivity index (χ4v) is 1.18. The Labute approximate surface area is 84.7 Å². The number of hydrogen-bond acceptors (Lipinski definition) is 3. The molecule has 0 fully saturated rings. The Balaban J connectivity index is 3.31. The molecule has 84 valence electrons. The van der Waals surface area contributed by atoms with Crippen molar-refractivity contribution in [3.05, 3.63) is 29.6 Å². The van der Waals surface area contributed by atoms with Crippen molar-refractivity contribution in [1.82, 2.24) is 4.98 Å². The molecule has 3 N–H and O–H groups in total.